The number of fused-ring (bicyclic) bond motifs is 3. The third kappa shape index (κ3) is 7.39. The fourth-order valence-corrected chi connectivity index (χ4v) is 9.07. The molecule has 2 aromatic heterocycles. The minimum Gasteiger partial charge on any atom is -0.496 e. The summed E-state index contributed by atoms with van der Waals surface area (Å²) in [6.07, 6.45) is 13.0. The van der Waals surface area contributed by atoms with E-state index in [0.717, 1.165) is 55.5 Å². The molecule has 8 rings (SSSR count). The molecule has 2 bridgehead atoms. The standard InChI is InChI=1S/C41H54N4O6/c1-27(2)37-43-34(25-50-37)30-11-20-42-36(24-30)45(38(47)29-5-8-33(9-6-29)51-39(48)44-21-12-32(46)13-22-44)26-40-14-17-41(18-15-40,19-16-40)31-7-10-35(49-4)28(3)23-31/h7,10-11,20,23-25,27,29,32-33,46H,5-6,8-9,12-19,21-22,26H2,1-4H3. The fraction of sp³-hybridized carbons (Fsp3) is 0.610. The third-order valence-corrected chi connectivity index (χ3v) is 12.5. The van der Waals surface area contributed by atoms with Gasteiger partial charge >= 0.3 is 6.09 Å². The van der Waals surface area contributed by atoms with Gasteiger partial charge in [0, 0.05) is 43.2 Å². The molecule has 0 radical (unpaired) electrons. The lowest BCUT2D eigenvalue weighted by Crippen LogP contribution is -2.52. The van der Waals surface area contributed by atoms with Crippen molar-refractivity contribution in [2.45, 2.75) is 121 Å². The first-order valence-electron chi connectivity index (χ1n) is 19.1. The Morgan fingerprint density at radius 3 is 2.33 bits per heavy atom. The summed E-state index contributed by atoms with van der Waals surface area (Å²) in [5, 5.41) is 9.82. The van der Waals surface area contributed by atoms with Crippen molar-refractivity contribution in [3.63, 3.8) is 0 Å². The van der Waals surface area contributed by atoms with Crippen LogP contribution in [-0.2, 0) is 14.9 Å². The van der Waals surface area contributed by atoms with Gasteiger partial charge in [0.1, 0.15) is 29.6 Å². The second-order valence-corrected chi connectivity index (χ2v) is 16.1. The molecule has 1 saturated heterocycles. The number of aromatic nitrogens is 2. The summed E-state index contributed by atoms with van der Waals surface area (Å²) < 4.78 is 17.2. The maximum absolute atomic E-state index is 14.7. The van der Waals surface area contributed by atoms with Crippen LogP contribution in [0.3, 0.4) is 0 Å². The van der Waals surface area contributed by atoms with Crippen molar-refractivity contribution < 1.29 is 28.6 Å². The number of anilines is 1. The number of hydrogen-bond acceptors (Lipinski definition) is 8. The Morgan fingerprint density at radius 1 is 1.00 bits per heavy atom. The van der Waals surface area contributed by atoms with Crippen LogP contribution < -0.4 is 9.64 Å². The second kappa shape index (κ2) is 14.6. The monoisotopic (exact) mass is 698 g/mol. The van der Waals surface area contributed by atoms with E-state index in [4.69, 9.17) is 23.9 Å². The number of nitrogens with zero attached hydrogens (tertiary/aromatic N) is 4. The Bertz CT molecular complexity index is 1680. The first-order valence-corrected chi connectivity index (χ1v) is 19.1. The molecule has 3 heterocycles. The smallest absolute Gasteiger partial charge is 0.410 e. The number of pyridine rings is 1. The van der Waals surface area contributed by atoms with E-state index >= 15 is 0 Å². The highest BCUT2D eigenvalue weighted by Crippen LogP contribution is 2.58. The van der Waals surface area contributed by atoms with E-state index in [-0.39, 0.29) is 46.9 Å². The lowest BCUT2D eigenvalue weighted by molar-refractivity contribution is -0.124. The van der Waals surface area contributed by atoms with Crippen LogP contribution in [0.2, 0.25) is 0 Å². The van der Waals surface area contributed by atoms with Crippen LogP contribution in [0.5, 0.6) is 5.75 Å². The molecule has 1 N–H and O–H groups in total. The van der Waals surface area contributed by atoms with Crippen molar-refractivity contribution in [2.24, 2.45) is 11.3 Å². The molecule has 2 amide bonds. The van der Waals surface area contributed by atoms with Gasteiger partial charge < -0.3 is 23.9 Å². The van der Waals surface area contributed by atoms with E-state index in [0.29, 0.717) is 69.9 Å². The molecule has 5 aliphatic rings. The van der Waals surface area contributed by atoms with Crippen molar-refractivity contribution in [1.82, 2.24) is 14.9 Å². The first kappa shape index (κ1) is 35.5. The number of methoxy groups -OCH3 is 1. The van der Waals surface area contributed by atoms with E-state index < -0.39 is 0 Å². The van der Waals surface area contributed by atoms with Gasteiger partial charge in [0.2, 0.25) is 5.91 Å². The molecule has 51 heavy (non-hydrogen) atoms. The number of aryl methyl sites for hydroxylation is 1. The normalized spacial score (nSPS) is 26.7. The van der Waals surface area contributed by atoms with Crippen LogP contribution in [0.15, 0.2) is 47.2 Å². The molecule has 10 heteroatoms. The van der Waals surface area contributed by atoms with Crippen LogP contribution in [-0.4, -0.2) is 70.9 Å². The Labute approximate surface area is 301 Å². The summed E-state index contributed by atoms with van der Waals surface area (Å²) >= 11 is 0. The van der Waals surface area contributed by atoms with Crippen molar-refractivity contribution in [2.75, 3.05) is 31.6 Å². The van der Waals surface area contributed by atoms with Crippen LogP contribution in [0, 0.1) is 18.3 Å². The molecule has 0 unspecified atom stereocenters. The highest BCUT2D eigenvalue weighted by atomic mass is 16.6. The number of ether oxygens (including phenoxy) is 2. The molecule has 3 aromatic rings. The number of aliphatic hydroxyl groups is 1. The zero-order valence-corrected chi connectivity index (χ0v) is 30.7. The van der Waals surface area contributed by atoms with Gasteiger partial charge in [-0.2, -0.15) is 0 Å². The number of likely N-dealkylation sites (tertiary alicyclic amines) is 1. The minimum atomic E-state index is -0.343. The van der Waals surface area contributed by atoms with Gasteiger partial charge in [-0.25, -0.2) is 14.8 Å². The number of amides is 2. The number of hydrogen-bond donors (Lipinski definition) is 1. The van der Waals surface area contributed by atoms with E-state index in [9.17, 15) is 14.7 Å². The van der Waals surface area contributed by atoms with Crippen molar-refractivity contribution in [3.8, 4) is 17.0 Å². The van der Waals surface area contributed by atoms with Crippen LogP contribution in [0.25, 0.3) is 11.3 Å². The Morgan fingerprint density at radius 2 is 1.71 bits per heavy atom. The van der Waals surface area contributed by atoms with Crippen molar-refractivity contribution >= 4 is 17.8 Å². The SMILES string of the molecule is COc1ccc(C23CCC(CN(C(=O)C4CCC(OC(=O)N5CCC(O)CC5)CC4)c4cc(-c5coc(C(C)C)n5)ccn4)(CC2)CC3)cc1C. The zero-order valence-electron chi connectivity index (χ0n) is 30.7. The molecule has 10 nitrogen and oxygen atoms in total. The Kier molecular flexibility index (Phi) is 10.2. The van der Waals surface area contributed by atoms with Crippen molar-refractivity contribution in [3.05, 3.63) is 59.8 Å². The largest absolute Gasteiger partial charge is 0.496 e. The first-order chi connectivity index (χ1) is 24.6. The summed E-state index contributed by atoms with van der Waals surface area (Å²) in [7, 11) is 1.73. The number of carbonyl (C=O) groups excluding carboxylic acids is 2. The Hall–Kier alpha value is -3.92. The van der Waals surface area contributed by atoms with Gasteiger partial charge in [0.25, 0.3) is 0 Å². The highest BCUT2D eigenvalue weighted by Gasteiger charge is 2.51. The Balaban J connectivity index is 1.08. The van der Waals surface area contributed by atoms with Crippen LogP contribution >= 0.6 is 0 Å². The topological polar surface area (TPSA) is 118 Å². The predicted octanol–water partition coefficient (Wildman–Crippen LogP) is 7.95. The molecule has 1 aromatic carbocycles. The number of rotatable bonds is 9. The average molecular weight is 699 g/mol. The van der Waals surface area contributed by atoms with E-state index in [2.05, 4.69) is 39.0 Å². The van der Waals surface area contributed by atoms with E-state index in [1.54, 1.807) is 24.5 Å². The summed E-state index contributed by atoms with van der Waals surface area (Å²) in [6, 6.07) is 10.6. The van der Waals surface area contributed by atoms with Crippen LogP contribution in [0.4, 0.5) is 10.6 Å². The average Bonchev–Trinajstić information content (AvgIpc) is 3.66. The maximum atomic E-state index is 14.7. The van der Waals surface area contributed by atoms with Crippen molar-refractivity contribution in [1.29, 1.82) is 0 Å². The molecule has 0 atom stereocenters. The number of aliphatic hydroxyl groups excluding tert-OH is 1. The van der Waals surface area contributed by atoms with E-state index in [1.165, 1.54) is 11.1 Å². The van der Waals surface area contributed by atoms with Gasteiger partial charge in [0.15, 0.2) is 5.89 Å². The molecule has 1 aliphatic heterocycles. The zero-order chi connectivity index (χ0) is 35.8. The molecule has 274 valence electrons. The summed E-state index contributed by atoms with van der Waals surface area (Å²) in [4.78, 5) is 40.7. The lowest BCUT2D eigenvalue weighted by atomic mass is 9.51. The fourth-order valence-electron chi connectivity index (χ4n) is 9.07. The molecule has 4 aliphatic carbocycles. The predicted molar refractivity (Wildman–Crippen MR) is 195 cm³/mol. The maximum Gasteiger partial charge on any atom is 0.410 e. The second-order valence-electron chi connectivity index (χ2n) is 16.1. The number of benzene rings is 1. The minimum absolute atomic E-state index is 0.0318. The summed E-state index contributed by atoms with van der Waals surface area (Å²) in [6.45, 7) is 7.92. The summed E-state index contributed by atoms with van der Waals surface area (Å²) in [5.41, 5.74) is 4.43. The number of carbonyl (C=O) groups is 2. The van der Waals surface area contributed by atoms with Gasteiger partial charge in [-0.1, -0.05) is 26.0 Å². The molecular weight excluding hydrogens is 644 g/mol. The summed E-state index contributed by atoms with van der Waals surface area (Å²) in [5.74, 6) is 2.40. The van der Waals surface area contributed by atoms with E-state index in [1.807, 2.05) is 17.0 Å². The number of piperidine rings is 1. The van der Waals surface area contributed by atoms with Gasteiger partial charge in [-0.15, -0.1) is 0 Å². The quantitative estimate of drug-likeness (QED) is 0.239. The molecule has 5 fully saturated rings. The van der Waals surface area contributed by atoms with Crippen LogP contribution in [0.1, 0.15) is 114 Å². The number of oxazole rings is 1. The highest BCUT2D eigenvalue weighted by molar-refractivity contribution is 5.95. The third-order valence-electron chi connectivity index (χ3n) is 12.5. The van der Waals surface area contributed by atoms with Gasteiger partial charge in [-0.05, 0) is 124 Å². The molecule has 4 saturated carbocycles. The molecular formula is C41H54N4O6. The van der Waals surface area contributed by atoms with Gasteiger partial charge in [0.05, 0.1) is 13.2 Å². The lowest BCUT2D eigenvalue weighted by Gasteiger charge is -2.55. The molecule has 0 spiro atoms. The van der Waals surface area contributed by atoms with Gasteiger partial charge in [-0.3, -0.25) is 9.69 Å².